The van der Waals surface area contributed by atoms with Gasteiger partial charge in [0.25, 0.3) is 0 Å². The van der Waals surface area contributed by atoms with Crippen LogP contribution in [0.2, 0.25) is 0 Å². The van der Waals surface area contributed by atoms with Gasteiger partial charge in [0.2, 0.25) is 11.8 Å². The number of hydrogen-bond donors (Lipinski definition) is 3. The molecule has 3 atom stereocenters. The summed E-state index contributed by atoms with van der Waals surface area (Å²) < 4.78 is 13.0. The van der Waals surface area contributed by atoms with Crippen LogP contribution < -0.4 is 16.2 Å². The minimum atomic E-state index is -0.335. The van der Waals surface area contributed by atoms with Crippen LogP contribution in [0.15, 0.2) is 48.7 Å². The molecule has 7 nitrogen and oxygen atoms in total. The van der Waals surface area contributed by atoms with E-state index in [0.717, 1.165) is 24.1 Å². The summed E-state index contributed by atoms with van der Waals surface area (Å²) in [4.78, 5) is 31.7. The lowest BCUT2D eigenvalue weighted by Crippen LogP contribution is -2.51. The van der Waals surface area contributed by atoms with E-state index in [9.17, 15) is 14.0 Å². The van der Waals surface area contributed by atoms with E-state index in [2.05, 4.69) is 21.2 Å². The van der Waals surface area contributed by atoms with Crippen molar-refractivity contribution in [3.8, 4) is 0 Å². The number of halogens is 1. The van der Waals surface area contributed by atoms with E-state index < -0.39 is 0 Å². The van der Waals surface area contributed by atoms with Crippen LogP contribution in [0.25, 0.3) is 0 Å². The summed E-state index contributed by atoms with van der Waals surface area (Å²) in [5, 5.41) is 2.91. The van der Waals surface area contributed by atoms with Gasteiger partial charge in [0.15, 0.2) is 0 Å². The number of rotatable bonds is 5. The Morgan fingerprint density at radius 3 is 2.77 bits per heavy atom. The van der Waals surface area contributed by atoms with E-state index in [0.29, 0.717) is 26.1 Å². The third kappa shape index (κ3) is 4.83. The topological polar surface area (TPSA) is 86.4 Å². The van der Waals surface area contributed by atoms with Crippen molar-refractivity contribution < 1.29 is 14.0 Å². The smallest absolute Gasteiger partial charge is 0.241 e. The Bertz CT molecular complexity index is 877. The molecule has 1 aromatic carbocycles. The number of hydrazine groups is 1. The Labute approximate surface area is 175 Å². The van der Waals surface area contributed by atoms with Gasteiger partial charge >= 0.3 is 0 Å². The second-order valence-corrected chi connectivity index (χ2v) is 7.85. The van der Waals surface area contributed by atoms with Crippen molar-refractivity contribution in [2.24, 2.45) is 5.92 Å². The second kappa shape index (κ2) is 9.32. The number of aromatic nitrogens is 1. The molecule has 4 rings (SSSR count). The van der Waals surface area contributed by atoms with Gasteiger partial charge < -0.3 is 10.2 Å². The zero-order chi connectivity index (χ0) is 20.9. The van der Waals surface area contributed by atoms with Crippen molar-refractivity contribution in [3.63, 3.8) is 0 Å². The molecule has 30 heavy (non-hydrogen) atoms. The molecule has 2 aromatic rings. The van der Waals surface area contributed by atoms with Crippen molar-refractivity contribution in [1.29, 1.82) is 0 Å². The molecule has 3 heterocycles. The predicted molar refractivity (Wildman–Crippen MR) is 109 cm³/mol. The molecule has 8 heteroatoms. The Hall–Kier alpha value is -2.84. The highest BCUT2D eigenvalue weighted by Gasteiger charge is 2.36. The fourth-order valence-corrected chi connectivity index (χ4v) is 4.04. The zero-order valence-electron chi connectivity index (χ0n) is 16.7. The van der Waals surface area contributed by atoms with E-state index in [-0.39, 0.29) is 35.6 Å². The van der Waals surface area contributed by atoms with Gasteiger partial charge in [-0.2, -0.15) is 0 Å². The lowest BCUT2D eigenvalue weighted by Gasteiger charge is -2.33. The molecular formula is C22H26FN5O2. The van der Waals surface area contributed by atoms with Crippen LogP contribution in [-0.2, 0) is 16.1 Å². The van der Waals surface area contributed by atoms with Crippen molar-refractivity contribution in [2.75, 3.05) is 13.1 Å². The molecule has 2 fully saturated rings. The van der Waals surface area contributed by atoms with Gasteiger partial charge in [-0.3, -0.25) is 14.6 Å². The fraction of sp³-hybridized carbons (Fsp3) is 0.409. The maximum absolute atomic E-state index is 13.0. The normalized spacial score (nSPS) is 23.9. The molecule has 3 unspecified atom stereocenters. The van der Waals surface area contributed by atoms with Gasteiger partial charge in [0, 0.05) is 25.8 Å². The molecule has 2 amide bonds. The first-order chi connectivity index (χ1) is 14.6. The Balaban J connectivity index is 1.29. The number of nitrogens with zero attached hydrogens (tertiary/aromatic N) is 2. The number of carbonyl (C=O) groups excluding carboxylic acids is 2. The summed E-state index contributed by atoms with van der Waals surface area (Å²) in [6, 6.07) is 11.5. The van der Waals surface area contributed by atoms with Crippen LogP contribution in [-0.4, -0.2) is 40.8 Å². The summed E-state index contributed by atoms with van der Waals surface area (Å²) in [6.45, 7) is 1.43. The van der Waals surface area contributed by atoms with E-state index in [1.807, 2.05) is 18.2 Å². The quantitative estimate of drug-likeness (QED) is 0.697. The first-order valence-electron chi connectivity index (χ1n) is 10.3. The van der Waals surface area contributed by atoms with Crippen LogP contribution in [0.5, 0.6) is 0 Å². The minimum absolute atomic E-state index is 0.0111. The molecule has 1 aromatic heterocycles. The average molecular weight is 411 g/mol. The van der Waals surface area contributed by atoms with Crippen LogP contribution in [0.4, 0.5) is 4.39 Å². The van der Waals surface area contributed by atoms with Gasteiger partial charge in [-0.25, -0.2) is 15.2 Å². The number of nitrogens with one attached hydrogen (secondary N) is 3. The van der Waals surface area contributed by atoms with Gasteiger partial charge in [0.1, 0.15) is 11.9 Å². The van der Waals surface area contributed by atoms with Gasteiger partial charge in [-0.15, -0.1) is 0 Å². The third-order valence-corrected chi connectivity index (χ3v) is 5.73. The number of hydrogen-bond acceptors (Lipinski definition) is 5. The maximum atomic E-state index is 13.0. The summed E-state index contributed by atoms with van der Waals surface area (Å²) in [6.07, 6.45) is 3.91. The zero-order valence-corrected chi connectivity index (χ0v) is 16.7. The Morgan fingerprint density at radius 1 is 1.17 bits per heavy atom. The maximum Gasteiger partial charge on any atom is 0.241 e. The molecule has 2 aliphatic rings. The fourth-order valence-electron chi connectivity index (χ4n) is 4.04. The van der Waals surface area contributed by atoms with Crippen LogP contribution in [0.1, 0.15) is 36.6 Å². The molecular weight excluding hydrogens is 385 g/mol. The number of benzene rings is 1. The molecule has 0 radical (unpaired) electrons. The SMILES string of the molecule is O=C(NCc1ccc(F)cc1)C1CCCN(C(=O)C2CC(c3ccccn3)NN2)C1. The van der Waals surface area contributed by atoms with Crippen LogP contribution >= 0.6 is 0 Å². The Morgan fingerprint density at radius 2 is 2.00 bits per heavy atom. The van der Waals surface area contributed by atoms with E-state index in [1.165, 1.54) is 12.1 Å². The minimum Gasteiger partial charge on any atom is -0.352 e. The molecule has 2 saturated heterocycles. The highest BCUT2D eigenvalue weighted by Crippen LogP contribution is 2.24. The monoisotopic (exact) mass is 411 g/mol. The number of amides is 2. The standard InChI is InChI=1S/C22H26FN5O2/c23-17-8-6-15(7-9-17)13-25-21(29)16-4-3-11-28(14-16)22(30)20-12-19(26-27-20)18-5-1-2-10-24-18/h1-2,5-10,16,19-20,26-27H,3-4,11-14H2,(H,25,29). The first kappa shape index (κ1) is 20.4. The predicted octanol–water partition coefficient (Wildman–Crippen LogP) is 1.68. The highest BCUT2D eigenvalue weighted by molar-refractivity contribution is 5.84. The van der Waals surface area contributed by atoms with E-state index in [1.54, 1.807) is 23.2 Å². The molecule has 0 aliphatic carbocycles. The van der Waals surface area contributed by atoms with Gasteiger partial charge in [-0.1, -0.05) is 18.2 Å². The highest BCUT2D eigenvalue weighted by atomic mass is 19.1. The van der Waals surface area contributed by atoms with Crippen molar-refractivity contribution in [1.82, 2.24) is 26.1 Å². The summed E-state index contributed by atoms with van der Waals surface area (Å²) in [7, 11) is 0. The van der Waals surface area contributed by atoms with E-state index in [4.69, 9.17) is 0 Å². The Kier molecular flexibility index (Phi) is 6.35. The van der Waals surface area contributed by atoms with Crippen molar-refractivity contribution in [2.45, 2.75) is 37.9 Å². The molecule has 0 spiro atoms. The van der Waals surface area contributed by atoms with E-state index >= 15 is 0 Å². The average Bonchev–Trinajstić information content (AvgIpc) is 3.29. The number of piperidine rings is 1. The number of likely N-dealkylation sites (tertiary alicyclic amines) is 1. The molecule has 3 N–H and O–H groups in total. The summed E-state index contributed by atoms with van der Waals surface area (Å²) in [5.74, 6) is -0.589. The molecule has 0 bridgehead atoms. The summed E-state index contributed by atoms with van der Waals surface area (Å²) >= 11 is 0. The second-order valence-electron chi connectivity index (χ2n) is 7.85. The largest absolute Gasteiger partial charge is 0.352 e. The molecule has 2 aliphatic heterocycles. The van der Waals surface area contributed by atoms with Crippen molar-refractivity contribution >= 4 is 11.8 Å². The lowest BCUT2D eigenvalue weighted by molar-refractivity contribution is -0.137. The number of carbonyl (C=O) groups is 2. The third-order valence-electron chi connectivity index (χ3n) is 5.73. The summed E-state index contributed by atoms with van der Waals surface area (Å²) in [5.41, 5.74) is 7.98. The lowest BCUT2D eigenvalue weighted by atomic mass is 9.96. The van der Waals surface area contributed by atoms with Crippen molar-refractivity contribution in [3.05, 3.63) is 65.7 Å². The van der Waals surface area contributed by atoms with Crippen LogP contribution in [0, 0.1) is 11.7 Å². The molecule has 158 valence electrons. The first-order valence-corrected chi connectivity index (χ1v) is 10.3. The molecule has 0 saturated carbocycles. The number of pyridine rings is 1. The van der Waals surface area contributed by atoms with Crippen LogP contribution in [0.3, 0.4) is 0 Å². The van der Waals surface area contributed by atoms with Gasteiger partial charge in [-0.05, 0) is 49.1 Å². The van der Waals surface area contributed by atoms with Gasteiger partial charge in [0.05, 0.1) is 17.7 Å².